The minimum Gasteiger partial charge on any atom is -0.444 e. The standard InChI is InChI=1S/C16H29FN2O2/c1-6-18(7-2)12-14(17)13-8-10-19(11-9-13)15(20)21-16(3,4)5/h6-12H2,1-5H3. The van der Waals surface area contributed by atoms with Gasteiger partial charge in [-0.3, -0.25) is 4.90 Å². The van der Waals surface area contributed by atoms with Crippen LogP contribution in [0.3, 0.4) is 0 Å². The molecule has 0 aromatic heterocycles. The average Bonchev–Trinajstić information content (AvgIpc) is 2.42. The normalized spacial score (nSPS) is 16.3. The van der Waals surface area contributed by atoms with E-state index >= 15 is 0 Å². The van der Waals surface area contributed by atoms with E-state index < -0.39 is 5.60 Å². The summed E-state index contributed by atoms with van der Waals surface area (Å²) < 4.78 is 19.6. The topological polar surface area (TPSA) is 32.8 Å². The van der Waals surface area contributed by atoms with E-state index in [4.69, 9.17) is 4.74 Å². The number of hydrogen-bond donors (Lipinski definition) is 0. The molecule has 21 heavy (non-hydrogen) atoms. The highest BCUT2D eigenvalue weighted by molar-refractivity contribution is 5.68. The molecule has 0 aromatic rings. The molecule has 1 aliphatic heterocycles. The fourth-order valence-electron chi connectivity index (χ4n) is 2.31. The summed E-state index contributed by atoms with van der Waals surface area (Å²) in [4.78, 5) is 15.7. The Morgan fingerprint density at radius 3 is 2.19 bits per heavy atom. The van der Waals surface area contributed by atoms with Gasteiger partial charge < -0.3 is 9.64 Å². The van der Waals surface area contributed by atoms with Crippen molar-refractivity contribution < 1.29 is 13.9 Å². The zero-order valence-electron chi connectivity index (χ0n) is 14.0. The summed E-state index contributed by atoms with van der Waals surface area (Å²) in [7, 11) is 0. The molecule has 122 valence electrons. The van der Waals surface area contributed by atoms with Crippen molar-refractivity contribution in [2.45, 2.75) is 53.1 Å². The number of hydrogen-bond acceptors (Lipinski definition) is 3. The van der Waals surface area contributed by atoms with Gasteiger partial charge >= 0.3 is 6.09 Å². The zero-order chi connectivity index (χ0) is 16.0. The second kappa shape index (κ2) is 7.78. The van der Waals surface area contributed by atoms with Gasteiger partial charge in [-0.25, -0.2) is 9.18 Å². The van der Waals surface area contributed by atoms with Gasteiger partial charge in [0.1, 0.15) is 11.4 Å². The van der Waals surface area contributed by atoms with Crippen molar-refractivity contribution in [3.8, 4) is 0 Å². The van der Waals surface area contributed by atoms with E-state index in [9.17, 15) is 9.18 Å². The number of likely N-dealkylation sites (tertiary alicyclic amines) is 1. The summed E-state index contributed by atoms with van der Waals surface area (Å²) in [6, 6.07) is 0. The molecule has 0 atom stereocenters. The number of carbonyl (C=O) groups excluding carboxylic acids is 1. The highest BCUT2D eigenvalue weighted by atomic mass is 19.1. The van der Waals surface area contributed by atoms with Gasteiger partial charge in [-0.05, 0) is 52.3 Å². The monoisotopic (exact) mass is 300 g/mol. The van der Waals surface area contributed by atoms with Crippen molar-refractivity contribution in [2.24, 2.45) is 0 Å². The Labute approximate surface area is 127 Å². The molecule has 0 saturated carbocycles. The second-order valence-corrected chi connectivity index (χ2v) is 6.44. The molecule has 4 nitrogen and oxygen atoms in total. The zero-order valence-corrected chi connectivity index (χ0v) is 14.0. The molecule has 1 heterocycles. The minimum atomic E-state index is -0.485. The lowest BCUT2D eigenvalue weighted by atomic mass is 10.0. The van der Waals surface area contributed by atoms with E-state index in [1.165, 1.54) is 0 Å². The van der Waals surface area contributed by atoms with Crippen LogP contribution in [0.15, 0.2) is 11.4 Å². The first-order chi connectivity index (χ1) is 9.76. The van der Waals surface area contributed by atoms with E-state index in [1.54, 1.807) is 4.90 Å². The molecule has 0 radical (unpaired) electrons. The lowest BCUT2D eigenvalue weighted by Gasteiger charge is -2.31. The van der Waals surface area contributed by atoms with Crippen molar-refractivity contribution in [1.82, 2.24) is 9.80 Å². The first-order valence-corrected chi connectivity index (χ1v) is 7.83. The van der Waals surface area contributed by atoms with Crippen LogP contribution in [-0.2, 0) is 4.74 Å². The summed E-state index contributed by atoms with van der Waals surface area (Å²) in [6.07, 6.45) is 0.907. The molecular formula is C16H29FN2O2. The number of ether oxygens (including phenoxy) is 1. The van der Waals surface area contributed by atoms with Gasteiger partial charge in [0.05, 0.1) is 6.54 Å². The Kier molecular flexibility index (Phi) is 6.65. The molecule has 1 fully saturated rings. The number of carbonyl (C=O) groups is 1. The van der Waals surface area contributed by atoms with Crippen molar-refractivity contribution >= 4 is 6.09 Å². The molecule has 1 amide bonds. The summed E-state index contributed by atoms with van der Waals surface area (Å²) in [6.45, 7) is 12.8. The third-order valence-electron chi connectivity index (χ3n) is 3.66. The van der Waals surface area contributed by atoms with Crippen LogP contribution in [0.4, 0.5) is 9.18 Å². The highest BCUT2D eigenvalue weighted by Gasteiger charge is 2.25. The first kappa shape index (κ1) is 18.0. The average molecular weight is 300 g/mol. The molecule has 0 aliphatic carbocycles. The molecule has 0 spiro atoms. The molecule has 0 N–H and O–H groups in total. The predicted molar refractivity (Wildman–Crippen MR) is 83.0 cm³/mol. The lowest BCUT2D eigenvalue weighted by Crippen LogP contribution is -2.40. The minimum absolute atomic E-state index is 0.0254. The van der Waals surface area contributed by atoms with Crippen molar-refractivity contribution in [3.63, 3.8) is 0 Å². The molecule has 0 bridgehead atoms. The van der Waals surface area contributed by atoms with Crippen molar-refractivity contribution in [3.05, 3.63) is 11.4 Å². The van der Waals surface area contributed by atoms with Gasteiger partial charge in [0, 0.05) is 13.1 Å². The quantitative estimate of drug-likeness (QED) is 0.795. The van der Waals surface area contributed by atoms with E-state index in [1.807, 2.05) is 34.6 Å². The van der Waals surface area contributed by atoms with Gasteiger partial charge in [0.25, 0.3) is 0 Å². The molecule has 0 unspecified atom stereocenters. The fourth-order valence-corrected chi connectivity index (χ4v) is 2.31. The number of likely N-dealkylation sites (N-methyl/N-ethyl adjacent to an activating group) is 1. The molecule has 5 heteroatoms. The van der Waals surface area contributed by atoms with E-state index in [2.05, 4.69) is 4.90 Å². The molecule has 1 aliphatic rings. The van der Waals surface area contributed by atoms with Gasteiger partial charge in [-0.2, -0.15) is 0 Å². The molecular weight excluding hydrogens is 271 g/mol. The Morgan fingerprint density at radius 2 is 1.76 bits per heavy atom. The third-order valence-corrected chi connectivity index (χ3v) is 3.66. The maximum absolute atomic E-state index is 14.2. The van der Waals surface area contributed by atoms with E-state index in [0.29, 0.717) is 32.5 Å². The van der Waals surface area contributed by atoms with Crippen LogP contribution in [0.1, 0.15) is 47.5 Å². The maximum atomic E-state index is 14.2. The second-order valence-electron chi connectivity index (χ2n) is 6.44. The SMILES string of the molecule is CCN(CC)CC(F)=C1CCN(C(=O)OC(C)(C)C)CC1. The van der Waals surface area contributed by atoms with E-state index in [-0.39, 0.29) is 11.9 Å². The van der Waals surface area contributed by atoms with Gasteiger partial charge in [0.15, 0.2) is 0 Å². The number of amides is 1. The van der Waals surface area contributed by atoms with Crippen molar-refractivity contribution in [1.29, 1.82) is 0 Å². The van der Waals surface area contributed by atoms with Crippen LogP contribution >= 0.6 is 0 Å². The summed E-state index contributed by atoms with van der Waals surface area (Å²) >= 11 is 0. The van der Waals surface area contributed by atoms with E-state index in [0.717, 1.165) is 18.7 Å². The van der Waals surface area contributed by atoms with Crippen LogP contribution in [0, 0.1) is 0 Å². The number of piperidine rings is 1. The molecule has 0 aromatic carbocycles. The largest absolute Gasteiger partial charge is 0.444 e. The highest BCUT2D eigenvalue weighted by Crippen LogP contribution is 2.23. The first-order valence-electron chi connectivity index (χ1n) is 7.83. The molecule has 1 saturated heterocycles. The number of nitrogens with zero attached hydrogens (tertiary/aromatic N) is 2. The predicted octanol–water partition coefficient (Wildman–Crippen LogP) is 3.58. The van der Waals surface area contributed by atoms with Crippen LogP contribution in [-0.4, -0.2) is 54.2 Å². The summed E-state index contributed by atoms with van der Waals surface area (Å²) in [5.41, 5.74) is 0.364. The Balaban J connectivity index is 2.53. The summed E-state index contributed by atoms with van der Waals surface area (Å²) in [5, 5.41) is 0. The summed E-state index contributed by atoms with van der Waals surface area (Å²) in [5.74, 6) is -0.0254. The molecule has 1 rings (SSSR count). The number of rotatable bonds is 4. The van der Waals surface area contributed by atoms with Crippen LogP contribution in [0.5, 0.6) is 0 Å². The third kappa shape index (κ3) is 6.04. The van der Waals surface area contributed by atoms with Gasteiger partial charge in [0.2, 0.25) is 0 Å². The van der Waals surface area contributed by atoms with Crippen LogP contribution in [0.2, 0.25) is 0 Å². The lowest BCUT2D eigenvalue weighted by molar-refractivity contribution is 0.0234. The number of halogens is 1. The van der Waals surface area contributed by atoms with Crippen LogP contribution < -0.4 is 0 Å². The van der Waals surface area contributed by atoms with Gasteiger partial charge in [-0.15, -0.1) is 0 Å². The Hall–Kier alpha value is -1.10. The maximum Gasteiger partial charge on any atom is 0.410 e. The Bertz CT molecular complexity index is 374. The van der Waals surface area contributed by atoms with Crippen LogP contribution in [0.25, 0.3) is 0 Å². The van der Waals surface area contributed by atoms with Gasteiger partial charge in [-0.1, -0.05) is 13.8 Å². The smallest absolute Gasteiger partial charge is 0.410 e. The fraction of sp³-hybridized carbons (Fsp3) is 0.812. The van der Waals surface area contributed by atoms with Crippen molar-refractivity contribution in [2.75, 3.05) is 32.7 Å². The Morgan fingerprint density at radius 1 is 1.24 bits per heavy atom.